The fourth-order valence-corrected chi connectivity index (χ4v) is 0.691. The number of primary amides is 1. The molecule has 0 aromatic carbocycles. The van der Waals surface area contributed by atoms with Crippen molar-refractivity contribution in [2.45, 2.75) is 24.4 Å². The van der Waals surface area contributed by atoms with E-state index in [9.17, 15) is 4.79 Å². The molecule has 0 aliphatic carbocycles. The number of rotatable bonds is 5. The third-order valence-corrected chi connectivity index (χ3v) is 1.55. The second-order valence-corrected chi connectivity index (χ2v) is 2.58. The highest BCUT2D eigenvalue weighted by atomic mass is 31.0. The minimum atomic E-state index is -1.98. The number of amides is 1. The molecule has 5 atom stereocenters. The summed E-state index contributed by atoms with van der Waals surface area (Å²) in [6.45, 7) is -0.802. The van der Waals surface area contributed by atoms with Gasteiger partial charge in [-0.1, -0.05) is 0 Å². The molecule has 0 saturated carbocycles. The van der Waals surface area contributed by atoms with E-state index in [1.54, 1.807) is 0 Å². The van der Waals surface area contributed by atoms with Crippen LogP contribution in [0.5, 0.6) is 0 Å². The van der Waals surface area contributed by atoms with Gasteiger partial charge in [0.15, 0.2) is 6.10 Å². The summed E-state index contributed by atoms with van der Waals surface area (Å²) in [6, 6.07) is 0. The van der Waals surface area contributed by atoms with Crippen molar-refractivity contribution >= 4 is 15.8 Å². The molecule has 0 fully saturated rings. The summed E-state index contributed by atoms with van der Waals surface area (Å²) in [7, 11) is 0. The Kier molecular flexibility index (Phi) is 8.13. The number of hydrogen-bond donors (Lipinski definition) is 6. The molecule has 0 spiro atoms. The van der Waals surface area contributed by atoms with E-state index >= 15 is 0 Å². The van der Waals surface area contributed by atoms with Gasteiger partial charge < -0.3 is 31.3 Å². The smallest absolute Gasteiger partial charge is 0.249 e. The monoisotopic (exact) mass is 229 g/mol. The molecule has 0 rings (SSSR count). The highest BCUT2D eigenvalue weighted by molar-refractivity contribution is 6.92. The topological polar surface area (TPSA) is 144 Å². The lowest BCUT2D eigenvalue weighted by Gasteiger charge is -2.23. The van der Waals surface area contributed by atoms with Crippen LogP contribution >= 0.6 is 9.90 Å². The number of aliphatic hydroxyl groups excluding tert-OH is 5. The van der Waals surface area contributed by atoms with Crippen molar-refractivity contribution in [2.75, 3.05) is 6.61 Å². The molecule has 7 nitrogen and oxygen atoms in total. The maximum absolute atomic E-state index is 10.3. The summed E-state index contributed by atoms with van der Waals surface area (Å²) in [5, 5.41) is 44.0. The lowest BCUT2D eigenvalue weighted by Crippen LogP contribution is -2.50. The van der Waals surface area contributed by atoms with Crippen LogP contribution < -0.4 is 5.73 Å². The number of hydrogen-bond acceptors (Lipinski definition) is 6. The predicted molar refractivity (Wildman–Crippen MR) is 51.4 cm³/mol. The van der Waals surface area contributed by atoms with Crippen LogP contribution in [0.3, 0.4) is 0 Å². The molecule has 0 aromatic heterocycles. The minimum absolute atomic E-state index is 0. The van der Waals surface area contributed by atoms with Gasteiger partial charge >= 0.3 is 0 Å². The first kappa shape index (κ1) is 16.1. The third kappa shape index (κ3) is 4.28. The van der Waals surface area contributed by atoms with E-state index in [1.165, 1.54) is 0 Å². The molecule has 8 heteroatoms. The van der Waals surface area contributed by atoms with Crippen LogP contribution in [0.2, 0.25) is 0 Å². The molecule has 0 heterocycles. The second-order valence-electron chi connectivity index (χ2n) is 2.58. The zero-order valence-electron chi connectivity index (χ0n) is 7.45. The maximum Gasteiger partial charge on any atom is 0.249 e. The maximum atomic E-state index is 10.3. The molecule has 0 saturated heterocycles. The fraction of sp³-hybridized carbons (Fsp3) is 0.833. The Labute approximate surface area is 83.8 Å². The van der Waals surface area contributed by atoms with Crippen molar-refractivity contribution in [3.63, 3.8) is 0 Å². The van der Waals surface area contributed by atoms with Gasteiger partial charge in [0.2, 0.25) is 5.91 Å². The largest absolute Gasteiger partial charge is 0.394 e. The molecule has 0 aliphatic heterocycles. The molecule has 0 aromatic rings. The van der Waals surface area contributed by atoms with E-state index in [2.05, 4.69) is 5.73 Å². The van der Waals surface area contributed by atoms with Gasteiger partial charge in [-0.3, -0.25) is 4.79 Å². The zero-order chi connectivity index (χ0) is 10.6. The van der Waals surface area contributed by atoms with Gasteiger partial charge in [0.1, 0.15) is 18.3 Å². The Morgan fingerprint density at radius 3 is 1.86 bits per heavy atom. The first-order chi connectivity index (χ1) is 5.91. The summed E-state index contributed by atoms with van der Waals surface area (Å²) >= 11 is 0. The van der Waals surface area contributed by atoms with Crippen molar-refractivity contribution in [1.29, 1.82) is 0 Å². The van der Waals surface area contributed by atoms with Crippen LogP contribution in [0, 0.1) is 0 Å². The van der Waals surface area contributed by atoms with Gasteiger partial charge in [-0.15, -0.1) is 0 Å². The lowest BCUT2D eigenvalue weighted by molar-refractivity contribution is -0.146. The number of carbonyl (C=O) groups is 1. The Bertz CT molecular complexity index is 180. The molecule has 1 unspecified atom stereocenters. The average molecular weight is 229 g/mol. The van der Waals surface area contributed by atoms with Crippen LogP contribution in [-0.2, 0) is 4.79 Å². The third-order valence-electron chi connectivity index (χ3n) is 1.55. The number of carbonyl (C=O) groups excluding carboxylic acids is 1. The lowest BCUT2D eigenvalue weighted by atomic mass is 10.0. The molecule has 14 heavy (non-hydrogen) atoms. The van der Waals surface area contributed by atoms with Crippen LogP contribution in [-0.4, -0.2) is 62.5 Å². The molecule has 86 valence electrons. The first-order valence-electron chi connectivity index (χ1n) is 3.54. The van der Waals surface area contributed by atoms with Crippen molar-refractivity contribution in [3.8, 4) is 0 Å². The SMILES string of the molecule is NC(=O)[C@H](O)[C@@H](O)[C@H](O)[C@H](O)CO.P. The van der Waals surface area contributed by atoms with E-state index in [1.807, 2.05) is 0 Å². The van der Waals surface area contributed by atoms with Crippen molar-refractivity contribution in [2.24, 2.45) is 5.73 Å². The highest BCUT2D eigenvalue weighted by Crippen LogP contribution is 2.04. The molecule has 0 bridgehead atoms. The predicted octanol–water partition coefficient (Wildman–Crippen LogP) is -4.03. The van der Waals surface area contributed by atoms with E-state index in [0.717, 1.165) is 0 Å². The average Bonchev–Trinajstić information content (AvgIpc) is 2.12. The van der Waals surface area contributed by atoms with Gasteiger partial charge in [0, 0.05) is 0 Å². The minimum Gasteiger partial charge on any atom is -0.394 e. The highest BCUT2D eigenvalue weighted by Gasteiger charge is 2.32. The van der Waals surface area contributed by atoms with Crippen LogP contribution in [0.4, 0.5) is 0 Å². The normalized spacial score (nSPS) is 18.9. The molecule has 0 radical (unpaired) electrons. The molecule has 7 N–H and O–H groups in total. The van der Waals surface area contributed by atoms with Crippen LogP contribution in [0.1, 0.15) is 0 Å². The van der Waals surface area contributed by atoms with Gasteiger partial charge in [0.05, 0.1) is 6.61 Å². The summed E-state index contributed by atoms with van der Waals surface area (Å²) in [4.78, 5) is 10.3. The van der Waals surface area contributed by atoms with E-state index in [4.69, 9.17) is 25.5 Å². The molecular formula is C6H16NO6P. The summed E-state index contributed by atoms with van der Waals surface area (Å²) < 4.78 is 0. The molecule has 0 aliphatic rings. The van der Waals surface area contributed by atoms with E-state index in [-0.39, 0.29) is 9.90 Å². The fourth-order valence-electron chi connectivity index (χ4n) is 0.691. The van der Waals surface area contributed by atoms with Crippen LogP contribution in [0.25, 0.3) is 0 Å². The Morgan fingerprint density at radius 1 is 1.14 bits per heavy atom. The summed E-state index contributed by atoms with van der Waals surface area (Å²) in [6.07, 6.45) is -7.35. The summed E-state index contributed by atoms with van der Waals surface area (Å²) in [5.74, 6) is -1.23. The summed E-state index contributed by atoms with van der Waals surface area (Å²) in [5.41, 5.74) is 4.61. The molecule has 1 amide bonds. The number of aliphatic hydroxyl groups is 5. The Balaban J connectivity index is 0. The van der Waals surface area contributed by atoms with Gasteiger partial charge in [0.25, 0.3) is 0 Å². The second kappa shape index (κ2) is 7.05. The molecular weight excluding hydrogens is 213 g/mol. The van der Waals surface area contributed by atoms with Gasteiger partial charge in [-0.05, 0) is 0 Å². The quantitative estimate of drug-likeness (QED) is 0.265. The van der Waals surface area contributed by atoms with E-state index in [0.29, 0.717) is 0 Å². The van der Waals surface area contributed by atoms with Crippen molar-refractivity contribution in [1.82, 2.24) is 0 Å². The van der Waals surface area contributed by atoms with Crippen LogP contribution in [0.15, 0.2) is 0 Å². The van der Waals surface area contributed by atoms with Crippen molar-refractivity contribution < 1.29 is 30.3 Å². The van der Waals surface area contributed by atoms with Gasteiger partial charge in [-0.2, -0.15) is 9.90 Å². The number of nitrogens with two attached hydrogens (primary N) is 1. The first-order valence-corrected chi connectivity index (χ1v) is 3.54. The van der Waals surface area contributed by atoms with Gasteiger partial charge in [-0.25, -0.2) is 0 Å². The zero-order valence-corrected chi connectivity index (χ0v) is 8.86. The Hall–Kier alpha value is -0.300. The standard InChI is InChI=1S/C6H13NO6.H3P/c7-6(13)5(12)4(11)3(10)2(9)1-8;/h2-5,8-12H,1H2,(H2,7,13);1H3/t2-,3-,4+,5-;/m1./s1. The van der Waals surface area contributed by atoms with E-state index < -0.39 is 36.9 Å². The van der Waals surface area contributed by atoms with Crippen molar-refractivity contribution in [3.05, 3.63) is 0 Å². The Morgan fingerprint density at radius 2 is 1.57 bits per heavy atom.